The van der Waals surface area contributed by atoms with Gasteiger partial charge in [0.05, 0.1) is 0 Å². The minimum Gasteiger partial charge on any atom is -0.368 e. The van der Waals surface area contributed by atoms with Crippen LogP contribution in [-0.2, 0) is 33.6 Å². The summed E-state index contributed by atoms with van der Waals surface area (Å²) in [4.78, 5) is 87.5. The molecular weight excluding hydrogens is 466 g/mol. The molecule has 35 heavy (non-hydrogen) atoms. The molecule has 190 valence electrons. The van der Waals surface area contributed by atoms with E-state index in [2.05, 4.69) is 25.5 Å². The maximum atomic E-state index is 12.7. The number of rotatable bonds is 17. The molecular formula is C19H27N9O7. The molecule has 0 spiro atoms. The number of hydrogen-bond donors (Lipinski definition) is 5. The summed E-state index contributed by atoms with van der Waals surface area (Å²) < 4.78 is 0. The standard InChI is InChI=1S/C19H27N9O7/c1-10(29)26-13(17(20)33)6-7-16(32)27-15(5-3-12(31)9-25-23)19(35)28-14(18(21)34)4-2-11(30)8-24-22/h8-9,13-15H,2-7H2,1H3,(H2,20,33)(H2,21,34)(H,26,29)(H,27,32)(H,28,35)/t13-,14-,15-/m0/s1. The van der Waals surface area contributed by atoms with E-state index in [1.807, 2.05) is 0 Å². The molecule has 0 saturated carbocycles. The number of hydrogen-bond acceptors (Lipinski definition) is 7. The Balaban J connectivity index is 5.37. The number of nitrogens with one attached hydrogen (secondary N) is 3. The fourth-order valence-electron chi connectivity index (χ4n) is 2.73. The summed E-state index contributed by atoms with van der Waals surface area (Å²) in [5.74, 6) is -5.37. The average Bonchev–Trinajstić information content (AvgIpc) is 2.76. The average molecular weight is 493 g/mol. The van der Waals surface area contributed by atoms with Gasteiger partial charge in [-0.1, -0.05) is 0 Å². The first-order valence-corrected chi connectivity index (χ1v) is 10.3. The molecule has 0 saturated heterocycles. The molecule has 0 aliphatic rings. The van der Waals surface area contributed by atoms with Crippen molar-refractivity contribution in [3.05, 3.63) is 11.1 Å². The molecule has 7 N–H and O–H groups in total. The van der Waals surface area contributed by atoms with E-state index in [4.69, 9.17) is 22.5 Å². The molecule has 0 radical (unpaired) electrons. The largest absolute Gasteiger partial charge is 0.368 e. The van der Waals surface area contributed by atoms with Crippen LogP contribution in [0.1, 0.15) is 45.4 Å². The molecule has 0 aromatic carbocycles. The highest BCUT2D eigenvalue weighted by molar-refractivity contribution is 6.25. The summed E-state index contributed by atoms with van der Waals surface area (Å²) in [5, 5.41) is 6.89. The van der Waals surface area contributed by atoms with Crippen LogP contribution >= 0.6 is 0 Å². The Labute approximate surface area is 199 Å². The zero-order chi connectivity index (χ0) is 27.0. The third-order valence-corrected chi connectivity index (χ3v) is 4.45. The number of nitrogens with two attached hydrogens (primary N) is 2. The Kier molecular flexibility index (Phi) is 14.0. The SMILES string of the molecule is CC(=O)N[C@@H](CCC(=O)N[C@@H](CCC(=O)C=[N+]=[N-])C(=O)N[C@@H](CCC(=O)C=[N+]=[N-])C(N)=O)C(N)=O. The lowest BCUT2D eigenvalue weighted by Crippen LogP contribution is -2.53. The van der Waals surface area contributed by atoms with Crippen LogP contribution < -0.4 is 27.4 Å². The molecule has 16 nitrogen and oxygen atoms in total. The van der Waals surface area contributed by atoms with Gasteiger partial charge in [-0.15, -0.1) is 0 Å². The van der Waals surface area contributed by atoms with Crippen LogP contribution in [0.5, 0.6) is 0 Å². The fourth-order valence-corrected chi connectivity index (χ4v) is 2.73. The predicted octanol–water partition coefficient (Wildman–Crippen LogP) is -3.49. The molecule has 0 fully saturated rings. The topological polar surface area (TPSA) is 280 Å². The van der Waals surface area contributed by atoms with Gasteiger partial charge in [-0.3, -0.25) is 33.6 Å². The van der Waals surface area contributed by atoms with Gasteiger partial charge in [0.25, 0.3) is 0 Å². The summed E-state index contributed by atoms with van der Waals surface area (Å²) in [6.45, 7) is 1.16. The molecule has 3 atom stereocenters. The van der Waals surface area contributed by atoms with Crippen molar-refractivity contribution < 1.29 is 43.1 Å². The van der Waals surface area contributed by atoms with Crippen LogP contribution in [0, 0.1) is 0 Å². The van der Waals surface area contributed by atoms with Crippen LogP contribution in [-0.4, -0.2) is 81.2 Å². The quantitative estimate of drug-likeness (QED) is 0.0773. The van der Waals surface area contributed by atoms with Gasteiger partial charge < -0.3 is 38.5 Å². The highest BCUT2D eigenvalue weighted by atomic mass is 16.2. The van der Waals surface area contributed by atoms with Crippen molar-refractivity contribution in [3.63, 3.8) is 0 Å². The van der Waals surface area contributed by atoms with E-state index in [9.17, 15) is 33.6 Å². The van der Waals surface area contributed by atoms with Gasteiger partial charge in [0, 0.05) is 26.2 Å². The smallest absolute Gasteiger partial charge is 0.323 e. The highest BCUT2D eigenvalue weighted by Crippen LogP contribution is 2.05. The summed E-state index contributed by atoms with van der Waals surface area (Å²) >= 11 is 0. The first kappa shape index (κ1) is 30.4. The number of nitrogens with zero attached hydrogens (tertiary/aromatic N) is 4. The van der Waals surface area contributed by atoms with Gasteiger partial charge >= 0.3 is 12.4 Å². The summed E-state index contributed by atoms with van der Waals surface area (Å²) in [6, 6.07) is -3.82. The molecule has 0 aromatic heterocycles. The minimum atomic E-state index is -1.36. The maximum Gasteiger partial charge on any atom is 0.323 e. The van der Waals surface area contributed by atoms with Gasteiger partial charge in [-0.05, 0) is 19.3 Å². The first-order valence-electron chi connectivity index (χ1n) is 10.3. The van der Waals surface area contributed by atoms with E-state index in [0.717, 1.165) is 6.92 Å². The molecule has 0 rings (SSSR count). The fraction of sp³-hybridized carbons (Fsp3) is 0.526. The van der Waals surface area contributed by atoms with Crippen LogP contribution in [0.25, 0.3) is 11.1 Å². The van der Waals surface area contributed by atoms with E-state index in [-0.39, 0.29) is 38.5 Å². The molecule has 0 heterocycles. The molecule has 0 aliphatic carbocycles. The zero-order valence-electron chi connectivity index (χ0n) is 18.9. The summed E-state index contributed by atoms with van der Waals surface area (Å²) in [5.41, 5.74) is 27.2. The van der Waals surface area contributed by atoms with Crippen molar-refractivity contribution in [1.82, 2.24) is 16.0 Å². The summed E-state index contributed by atoms with van der Waals surface area (Å²) in [6.07, 6.45) is -0.432. The Morgan fingerprint density at radius 2 is 1.14 bits per heavy atom. The van der Waals surface area contributed by atoms with E-state index in [1.165, 1.54) is 0 Å². The number of carbonyl (C=O) groups excluding carboxylic acids is 7. The Bertz CT molecular complexity index is 952. The van der Waals surface area contributed by atoms with Crippen LogP contribution in [0.4, 0.5) is 0 Å². The van der Waals surface area contributed by atoms with E-state index >= 15 is 0 Å². The lowest BCUT2D eigenvalue weighted by molar-refractivity contribution is -0.132. The van der Waals surface area contributed by atoms with Crippen molar-refractivity contribution in [2.24, 2.45) is 11.5 Å². The van der Waals surface area contributed by atoms with E-state index in [0.29, 0.717) is 12.4 Å². The Morgan fingerprint density at radius 1 is 0.714 bits per heavy atom. The molecule has 16 heteroatoms. The van der Waals surface area contributed by atoms with Crippen molar-refractivity contribution in [3.8, 4) is 0 Å². The Morgan fingerprint density at radius 3 is 1.57 bits per heavy atom. The third-order valence-electron chi connectivity index (χ3n) is 4.45. The number of amides is 5. The van der Waals surface area contributed by atoms with Gasteiger partial charge in [0.15, 0.2) is 0 Å². The minimum absolute atomic E-state index is 0.177. The van der Waals surface area contributed by atoms with Crippen molar-refractivity contribution in [1.29, 1.82) is 0 Å². The van der Waals surface area contributed by atoms with Crippen LogP contribution in [0.3, 0.4) is 0 Å². The molecule has 0 unspecified atom stereocenters. The zero-order valence-corrected chi connectivity index (χ0v) is 18.9. The van der Waals surface area contributed by atoms with Crippen LogP contribution in [0.15, 0.2) is 0 Å². The van der Waals surface area contributed by atoms with Crippen LogP contribution in [0.2, 0.25) is 0 Å². The number of ketones is 2. The van der Waals surface area contributed by atoms with E-state index < -0.39 is 59.2 Å². The first-order chi connectivity index (χ1) is 16.4. The molecule has 0 aromatic rings. The number of primary amides is 2. The lowest BCUT2D eigenvalue weighted by atomic mass is 10.0. The van der Waals surface area contributed by atoms with Gasteiger partial charge in [-0.25, -0.2) is 0 Å². The van der Waals surface area contributed by atoms with Gasteiger partial charge in [0.1, 0.15) is 18.1 Å². The normalized spacial score (nSPS) is 12.4. The maximum absolute atomic E-state index is 12.7. The lowest BCUT2D eigenvalue weighted by Gasteiger charge is -2.22. The molecule has 5 amide bonds. The monoisotopic (exact) mass is 493 g/mol. The third kappa shape index (κ3) is 13.6. The number of carbonyl (C=O) groups is 7. The number of Topliss-reactive ketones (excluding diaryl/α,β-unsaturated/α-hetero) is 2. The molecule has 0 bridgehead atoms. The highest BCUT2D eigenvalue weighted by Gasteiger charge is 2.27. The molecule has 0 aliphatic heterocycles. The second-order valence-corrected chi connectivity index (χ2v) is 7.28. The Hall–Kier alpha value is -4.55. The van der Waals surface area contributed by atoms with Gasteiger partial charge in [-0.2, -0.15) is 9.58 Å². The van der Waals surface area contributed by atoms with Gasteiger partial charge in [0.2, 0.25) is 41.1 Å². The second-order valence-electron chi connectivity index (χ2n) is 7.28. The van der Waals surface area contributed by atoms with Crippen molar-refractivity contribution in [2.75, 3.05) is 0 Å². The van der Waals surface area contributed by atoms with E-state index in [1.54, 1.807) is 0 Å². The van der Waals surface area contributed by atoms with Crippen molar-refractivity contribution in [2.45, 2.75) is 63.6 Å². The van der Waals surface area contributed by atoms with Crippen molar-refractivity contribution >= 4 is 53.5 Å². The predicted molar refractivity (Wildman–Crippen MR) is 117 cm³/mol. The summed E-state index contributed by atoms with van der Waals surface area (Å²) in [7, 11) is 0. The second kappa shape index (κ2) is 16.1.